The molecule has 23 heavy (non-hydrogen) atoms. The van der Waals surface area contributed by atoms with Crippen molar-refractivity contribution in [3.8, 4) is 16.9 Å². The fourth-order valence-electron chi connectivity index (χ4n) is 2.59. The van der Waals surface area contributed by atoms with Crippen molar-refractivity contribution in [2.75, 3.05) is 12.3 Å². The quantitative estimate of drug-likeness (QED) is 0.516. The largest absolute Gasteiger partial charge is 0.491 e. The van der Waals surface area contributed by atoms with Gasteiger partial charge in [0.05, 0.1) is 12.3 Å². The van der Waals surface area contributed by atoms with Crippen LogP contribution in [0.25, 0.3) is 11.1 Å². The second-order valence-corrected chi connectivity index (χ2v) is 5.56. The maximum atomic E-state index is 6.13. The van der Waals surface area contributed by atoms with Gasteiger partial charge in [-0.3, -0.25) is 0 Å². The van der Waals surface area contributed by atoms with Gasteiger partial charge in [-0.15, -0.1) is 0 Å². The second-order valence-electron chi connectivity index (χ2n) is 5.56. The predicted molar refractivity (Wildman–Crippen MR) is 96.5 cm³/mol. The number of hydrogen-bond acceptors (Lipinski definition) is 2. The molecule has 3 aromatic rings. The molecule has 0 heterocycles. The molecule has 0 aliphatic carbocycles. The van der Waals surface area contributed by atoms with Gasteiger partial charge in [0.25, 0.3) is 0 Å². The molecule has 0 fully saturated rings. The van der Waals surface area contributed by atoms with E-state index in [2.05, 4.69) is 42.5 Å². The molecule has 0 bridgehead atoms. The fourth-order valence-corrected chi connectivity index (χ4v) is 2.59. The van der Waals surface area contributed by atoms with Crippen LogP contribution in [0.1, 0.15) is 12.0 Å². The molecular weight excluding hydrogens is 282 g/mol. The van der Waals surface area contributed by atoms with E-state index in [1.165, 1.54) is 5.56 Å². The summed E-state index contributed by atoms with van der Waals surface area (Å²) < 4.78 is 5.82. The van der Waals surface area contributed by atoms with E-state index in [-0.39, 0.29) is 0 Å². The van der Waals surface area contributed by atoms with E-state index < -0.39 is 0 Å². The number of benzene rings is 3. The smallest absolute Gasteiger partial charge is 0.142 e. The minimum Gasteiger partial charge on any atom is -0.491 e. The highest BCUT2D eigenvalue weighted by molar-refractivity contribution is 5.70. The normalized spacial score (nSPS) is 10.4. The molecule has 0 atom stereocenters. The third-order valence-corrected chi connectivity index (χ3v) is 3.83. The number of rotatable bonds is 6. The van der Waals surface area contributed by atoms with Gasteiger partial charge in [0, 0.05) is 0 Å². The Morgan fingerprint density at radius 1 is 0.739 bits per heavy atom. The topological polar surface area (TPSA) is 35.2 Å². The van der Waals surface area contributed by atoms with Gasteiger partial charge in [-0.25, -0.2) is 0 Å². The molecule has 0 saturated carbocycles. The van der Waals surface area contributed by atoms with E-state index in [1.807, 2.05) is 36.4 Å². The Labute approximate surface area is 137 Å². The lowest BCUT2D eigenvalue weighted by molar-refractivity contribution is 0.312. The van der Waals surface area contributed by atoms with Crippen LogP contribution in [0.3, 0.4) is 0 Å². The summed E-state index contributed by atoms with van der Waals surface area (Å²) in [5, 5.41) is 0. The van der Waals surface area contributed by atoms with E-state index in [0.29, 0.717) is 12.3 Å². The van der Waals surface area contributed by atoms with Gasteiger partial charge in [0.1, 0.15) is 5.75 Å². The highest BCUT2D eigenvalue weighted by atomic mass is 16.5. The highest BCUT2D eigenvalue weighted by Gasteiger charge is 2.04. The van der Waals surface area contributed by atoms with E-state index in [9.17, 15) is 0 Å². The van der Waals surface area contributed by atoms with Crippen molar-refractivity contribution < 1.29 is 4.74 Å². The van der Waals surface area contributed by atoms with Gasteiger partial charge in [0.15, 0.2) is 0 Å². The Balaban J connectivity index is 1.56. The first-order chi connectivity index (χ1) is 11.3. The Morgan fingerprint density at radius 3 is 2.13 bits per heavy atom. The Hall–Kier alpha value is -2.74. The van der Waals surface area contributed by atoms with Crippen LogP contribution in [0.2, 0.25) is 0 Å². The molecule has 0 aliphatic rings. The van der Waals surface area contributed by atoms with Crippen molar-refractivity contribution in [1.29, 1.82) is 0 Å². The van der Waals surface area contributed by atoms with Crippen LogP contribution in [0.4, 0.5) is 5.69 Å². The van der Waals surface area contributed by atoms with Gasteiger partial charge in [-0.1, -0.05) is 66.7 Å². The maximum Gasteiger partial charge on any atom is 0.142 e. The average molecular weight is 303 g/mol. The van der Waals surface area contributed by atoms with Crippen LogP contribution in [0, 0.1) is 0 Å². The predicted octanol–water partition coefficient (Wildman–Crippen LogP) is 4.95. The van der Waals surface area contributed by atoms with Crippen molar-refractivity contribution in [3.05, 3.63) is 84.4 Å². The van der Waals surface area contributed by atoms with E-state index in [0.717, 1.165) is 29.7 Å². The molecular formula is C21H21NO. The van der Waals surface area contributed by atoms with Crippen LogP contribution in [-0.2, 0) is 6.42 Å². The number of nitrogens with two attached hydrogens (primary N) is 1. The summed E-state index contributed by atoms with van der Waals surface area (Å²) in [5.41, 5.74) is 10.4. The summed E-state index contributed by atoms with van der Waals surface area (Å²) in [5.74, 6) is 0.762. The standard InChI is InChI=1S/C21H21NO/c22-20-16-19(18-11-5-2-6-12-18)13-14-21(20)23-15-7-10-17-8-3-1-4-9-17/h1-6,8-9,11-14,16H,7,10,15,22H2. The zero-order valence-corrected chi connectivity index (χ0v) is 13.1. The Morgan fingerprint density at radius 2 is 1.43 bits per heavy atom. The molecule has 0 spiro atoms. The van der Waals surface area contributed by atoms with Crippen LogP contribution in [0.5, 0.6) is 5.75 Å². The van der Waals surface area contributed by atoms with E-state index in [4.69, 9.17) is 10.5 Å². The molecule has 0 saturated heterocycles. The van der Waals surface area contributed by atoms with E-state index in [1.54, 1.807) is 0 Å². The van der Waals surface area contributed by atoms with Crippen LogP contribution < -0.4 is 10.5 Å². The zero-order chi connectivity index (χ0) is 15.9. The van der Waals surface area contributed by atoms with Gasteiger partial charge >= 0.3 is 0 Å². The highest BCUT2D eigenvalue weighted by Crippen LogP contribution is 2.28. The summed E-state index contributed by atoms with van der Waals surface area (Å²) in [6.07, 6.45) is 1.99. The molecule has 0 aliphatic heterocycles. The van der Waals surface area contributed by atoms with Crippen LogP contribution in [-0.4, -0.2) is 6.61 Å². The molecule has 0 unspecified atom stereocenters. The lowest BCUT2D eigenvalue weighted by atomic mass is 10.1. The molecule has 2 N–H and O–H groups in total. The van der Waals surface area contributed by atoms with Gasteiger partial charge in [0.2, 0.25) is 0 Å². The lowest BCUT2D eigenvalue weighted by Crippen LogP contribution is -2.02. The Bertz CT molecular complexity index is 738. The van der Waals surface area contributed by atoms with Gasteiger partial charge in [-0.2, -0.15) is 0 Å². The summed E-state index contributed by atoms with van der Waals surface area (Å²) >= 11 is 0. The third kappa shape index (κ3) is 4.13. The first-order valence-electron chi connectivity index (χ1n) is 7.94. The monoisotopic (exact) mass is 303 g/mol. The second kappa shape index (κ2) is 7.50. The van der Waals surface area contributed by atoms with Crippen molar-refractivity contribution in [1.82, 2.24) is 0 Å². The first kappa shape index (κ1) is 15.2. The summed E-state index contributed by atoms with van der Waals surface area (Å²) in [6, 6.07) is 26.7. The van der Waals surface area contributed by atoms with Crippen molar-refractivity contribution in [2.24, 2.45) is 0 Å². The molecule has 0 aromatic heterocycles. The zero-order valence-electron chi connectivity index (χ0n) is 13.1. The first-order valence-corrected chi connectivity index (χ1v) is 7.94. The number of nitrogen functional groups attached to an aromatic ring is 1. The molecule has 2 heteroatoms. The van der Waals surface area contributed by atoms with Gasteiger partial charge < -0.3 is 10.5 Å². The molecule has 2 nitrogen and oxygen atoms in total. The number of hydrogen-bond donors (Lipinski definition) is 1. The summed E-state index contributed by atoms with van der Waals surface area (Å²) in [4.78, 5) is 0. The van der Waals surface area contributed by atoms with Gasteiger partial charge in [-0.05, 0) is 41.7 Å². The van der Waals surface area contributed by atoms with Crippen molar-refractivity contribution in [3.63, 3.8) is 0 Å². The van der Waals surface area contributed by atoms with Crippen molar-refractivity contribution in [2.45, 2.75) is 12.8 Å². The van der Waals surface area contributed by atoms with Crippen LogP contribution >= 0.6 is 0 Å². The van der Waals surface area contributed by atoms with Crippen molar-refractivity contribution >= 4 is 5.69 Å². The summed E-state index contributed by atoms with van der Waals surface area (Å²) in [6.45, 7) is 0.670. The minimum atomic E-state index is 0.670. The number of anilines is 1. The summed E-state index contributed by atoms with van der Waals surface area (Å²) in [7, 11) is 0. The molecule has 116 valence electrons. The molecule has 0 radical (unpaired) electrons. The molecule has 3 rings (SSSR count). The third-order valence-electron chi connectivity index (χ3n) is 3.83. The number of ether oxygens (including phenoxy) is 1. The SMILES string of the molecule is Nc1cc(-c2ccccc2)ccc1OCCCc1ccccc1. The molecule has 0 amide bonds. The average Bonchev–Trinajstić information content (AvgIpc) is 2.61. The van der Waals surface area contributed by atoms with E-state index >= 15 is 0 Å². The fraction of sp³-hybridized carbons (Fsp3) is 0.143. The molecule has 3 aromatic carbocycles. The Kier molecular flexibility index (Phi) is 4.95. The lowest BCUT2D eigenvalue weighted by Gasteiger charge is -2.11. The van der Waals surface area contributed by atoms with Crippen LogP contribution in [0.15, 0.2) is 78.9 Å². The minimum absolute atomic E-state index is 0.670. The number of aryl methyl sites for hydroxylation is 1. The maximum absolute atomic E-state index is 6.13.